The van der Waals surface area contributed by atoms with Crippen molar-refractivity contribution in [3.05, 3.63) is 5.57 Å². The Hall–Kier alpha value is -0.600. The van der Waals surface area contributed by atoms with Gasteiger partial charge in [0.25, 0.3) is 0 Å². The third-order valence-electron chi connectivity index (χ3n) is 1.00. The molecule has 0 aromatic carbocycles. The second-order valence-corrected chi connectivity index (χ2v) is 3.23. The summed E-state index contributed by atoms with van der Waals surface area (Å²) in [6, 6.07) is 0. The first kappa shape index (κ1) is 10.4. The molecule has 62 valence electrons. The lowest BCUT2D eigenvalue weighted by Gasteiger charge is -2.03. The highest BCUT2D eigenvalue weighted by atomic mass is 79.9. The quantitative estimate of drug-likeness (QED) is 0.310. The number of alkyl halides is 1. The van der Waals surface area contributed by atoms with Gasteiger partial charge < -0.3 is 4.74 Å². The zero-order chi connectivity index (χ0) is 8.85. The van der Waals surface area contributed by atoms with E-state index in [9.17, 15) is 9.59 Å². The summed E-state index contributed by atoms with van der Waals surface area (Å²) in [6.45, 7) is 3.61. The summed E-state index contributed by atoms with van der Waals surface area (Å²) in [5, 5.41) is 0. The smallest absolute Gasteiger partial charge is 0.346 e. The second-order valence-electron chi connectivity index (χ2n) is 1.85. The van der Waals surface area contributed by atoms with Crippen molar-refractivity contribution < 1.29 is 14.3 Å². The van der Waals surface area contributed by atoms with E-state index in [-0.39, 0.29) is 17.0 Å². The maximum absolute atomic E-state index is 10.9. The Morgan fingerprint density at radius 1 is 1.73 bits per heavy atom. The van der Waals surface area contributed by atoms with Crippen LogP contribution < -0.4 is 0 Å². The number of hydrogen-bond donors (Lipinski definition) is 0. The average molecular weight is 221 g/mol. The van der Waals surface area contributed by atoms with Gasteiger partial charge >= 0.3 is 5.97 Å². The highest BCUT2D eigenvalue weighted by Crippen LogP contribution is 2.09. The zero-order valence-corrected chi connectivity index (χ0v) is 7.97. The van der Waals surface area contributed by atoms with Gasteiger partial charge in [0, 0.05) is 0 Å². The highest BCUT2D eigenvalue weighted by molar-refractivity contribution is 9.09. The Morgan fingerprint density at radius 2 is 2.27 bits per heavy atom. The number of ether oxygens (including phenoxy) is 1. The molecule has 0 N–H and O–H groups in total. The Labute approximate surface area is 73.5 Å². The van der Waals surface area contributed by atoms with E-state index in [1.54, 1.807) is 13.8 Å². The van der Waals surface area contributed by atoms with Crippen molar-refractivity contribution in [2.24, 2.45) is 0 Å². The SMILES string of the molecule is CCOC(=O)C(=C=O)C(C)Br. The van der Waals surface area contributed by atoms with Gasteiger partial charge in [-0.25, -0.2) is 9.59 Å². The van der Waals surface area contributed by atoms with E-state index < -0.39 is 5.97 Å². The Morgan fingerprint density at radius 3 is 2.55 bits per heavy atom. The van der Waals surface area contributed by atoms with Gasteiger partial charge in [-0.2, -0.15) is 0 Å². The van der Waals surface area contributed by atoms with E-state index >= 15 is 0 Å². The molecule has 0 fully saturated rings. The molecular weight excluding hydrogens is 212 g/mol. The van der Waals surface area contributed by atoms with E-state index in [1.807, 2.05) is 0 Å². The summed E-state index contributed by atoms with van der Waals surface area (Å²) >= 11 is 3.07. The van der Waals surface area contributed by atoms with Crippen LogP contribution in [-0.2, 0) is 14.3 Å². The lowest BCUT2D eigenvalue weighted by Crippen LogP contribution is -2.14. The number of esters is 1. The van der Waals surface area contributed by atoms with Crippen LogP contribution in [0.1, 0.15) is 13.8 Å². The zero-order valence-electron chi connectivity index (χ0n) is 6.39. The van der Waals surface area contributed by atoms with Crippen LogP contribution in [-0.4, -0.2) is 23.3 Å². The first-order valence-electron chi connectivity index (χ1n) is 3.19. The van der Waals surface area contributed by atoms with Crippen LogP contribution in [0.2, 0.25) is 0 Å². The number of rotatable bonds is 3. The molecule has 1 unspecified atom stereocenters. The summed E-state index contributed by atoms with van der Waals surface area (Å²) < 4.78 is 4.59. The standard InChI is InChI=1S/C7H9BrO3/c1-3-11-7(10)6(4-9)5(2)8/h5H,3H2,1-2H3. The predicted octanol–water partition coefficient (Wildman–Crippen LogP) is 1.09. The third kappa shape index (κ3) is 3.35. The van der Waals surface area contributed by atoms with E-state index in [2.05, 4.69) is 20.7 Å². The van der Waals surface area contributed by atoms with E-state index in [0.29, 0.717) is 0 Å². The summed E-state index contributed by atoms with van der Waals surface area (Å²) in [5.74, 6) is 0.927. The van der Waals surface area contributed by atoms with Crippen LogP contribution in [0.5, 0.6) is 0 Å². The summed E-state index contributed by atoms with van der Waals surface area (Å²) in [6.07, 6.45) is 0. The molecule has 1 atom stereocenters. The van der Waals surface area contributed by atoms with Crippen molar-refractivity contribution in [3.63, 3.8) is 0 Å². The molecule has 0 heterocycles. The van der Waals surface area contributed by atoms with Crippen molar-refractivity contribution in [2.45, 2.75) is 18.7 Å². The maximum Gasteiger partial charge on any atom is 0.346 e. The number of carbonyl (C=O) groups is 1. The van der Waals surface area contributed by atoms with Gasteiger partial charge in [0.1, 0.15) is 11.5 Å². The fraction of sp³-hybridized carbons (Fsp3) is 0.571. The minimum atomic E-state index is -0.605. The molecule has 0 saturated heterocycles. The van der Waals surface area contributed by atoms with Crippen LogP contribution in [0.25, 0.3) is 0 Å². The van der Waals surface area contributed by atoms with Crippen molar-refractivity contribution in [2.75, 3.05) is 6.61 Å². The van der Waals surface area contributed by atoms with Crippen LogP contribution in [0.4, 0.5) is 0 Å². The van der Waals surface area contributed by atoms with Crippen LogP contribution in [0.15, 0.2) is 5.57 Å². The molecule has 0 aliphatic carbocycles. The number of carbonyl (C=O) groups excluding carboxylic acids is 2. The second kappa shape index (κ2) is 5.10. The molecule has 0 aliphatic rings. The minimum Gasteiger partial charge on any atom is -0.462 e. The molecule has 0 bridgehead atoms. The molecule has 0 saturated carbocycles. The molecule has 4 heteroatoms. The van der Waals surface area contributed by atoms with Gasteiger partial charge in [-0.3, -0.25) is 0 Å². The van der Waals surface area contributed by atoms with E-state index in [0.717, 1.165) is 0 Å². The molecule has 0 aliphatic heterocycles. The van der Waals surface area contributed by atoms with E-state index in [4.69, 9.17) is 0 Å². The van der Waals surface area contributed by atoms with Gasteiger partial charge in [0.15, 0.2) is 0 Å². The number of hydrogen-bond acceptors (Lipinski definition) is 3. The van der Waals surface area contributed by atoms with Gasteiger partial charge in [0.2, 0.25) is 0 Å². The molecular formula is C7H9BrO3. The van der Waals surface area contributed by atoms with Gasteiger partial charge in [0.05, 0.1) is 11.4 Å². The van der Waals surface area contributed by atoms with Crippen LogP contribution in [0, 0.1) is 0 Å². The van der Waals surface area contributed by atoms with Crippen LogP contribution in [0.3, 0.4) is 0 Å². The van der Waals surface area contributed by atoms with Gasteiger partial charge in [-0.05, 0) is 13.8 Å². The van der Waals surface area contributed by atoms with E-state index in [1.165, 1.54) is 5.94 Å². The Kier molecular flexibility index (Phi) is 4.83. The monoisotopic (exact) mass is 220 g/mol. The third-order valence-corrected chi connectivity index (χ3v) is 1.46. The summed E-state index contributed by atoms with van der Waals surface area (Å²) in [7, 11) is 0. The van der Waals surface area contributed by atoms with Crippen molar-refractivity contribution >= 4 is 27.8 Å². The fourth-order valence-corrected chi connectivity index (χ4v) is 0.774. The topological polar surface area (TPSA) is 43.4 Å². The normalized spacial score (nSPS) is 11.5. The highest BCUT2D eigenvalue weighted by Gasteiger charge is 2.16. The first-order chi connectivity index (χ1) is 5.13. The molecule has 0 amide bonds. The van der Waals surface area contributed by atoms with Gasteiger partial charge in [-0.15, -0.1) is 0 Å². The Bertz CT molecular complexity index is 192. The maximum atomic E-state index is 10.9. The molecule has 3 nitrogen and oxygen atoms in total. The Balaban J connectivity index is 4.29. The lowest BCUT2D eigenvalue weighted by atomic mass is 10.2. The average Bonchev–Trinajstić information content (AvgIpc) is 1.88. The molecule has 0 aromatic heterocycles. The molecule has 0 radical (unpaired) electrons. The summed E-state index contributed by atoms with van der Waals surface area (Å²) in [4.78, 5) is 20.7. The predicted molar refractivity (Wildman–Crippen MR) is 44.2 cm³/mol. The molecule has 0 spiro atoms. The largest absolute Gasteiger partial charge is 0.462 e. The molecule has 0 aromatic rings. The molecule has 0 rings (SSSR count). The van der Waals surface area contributed by atoms with Crippen molar-refractivity contribution in [1.29, 1.82) is 0 Å². The summed E-state index contributed by atoms with van der Waals surface area (Å²) in [5.41, 5.74) is -0.00755. The van der Waals surface area contributed by atoms with Gasteiger partial charge in [-0.1, -0.05) is 15.9 Å². The minimum absolute atomic E-state index is 0.00755. The molecule has 11 heavy (non-hydrogen) atoms. The van der Waals surface area contributed by atoms with Crippen LogP contribution >= 0.6 is 15.9 Å². The first-order valence-corrected chi connectivity index (χ1v) is 4.11. The fourth-order valence-electron chi connectivity index (χ4n) is 0.494. The van der Waals surface area contributed by atoms with Crippen molar-refractivity contribution in [3.8, 4) is 0 Å². The van der Waals surface area contributed by atoms with Crippen molar-refractivity contribution in [1.82, 2.24) is 0 Å². The lowest BCUT2D eigenvalue weighted by molar-refractivity contribution is -0.138. The number of halogens is 1.